The molecular formula is C32H38FNO3Si. The van der Waals surface area contributed by atoms with Gasteiger partial charge in [-0.05, 0) is 52.9 Å². The van der Waals surface area contributed by atoms with Crippen LogP contribution in [0.15, 0.2) is 84.9 Å². The molecule has 0 amide bonds. The van der Waals surface area contributed by atoms with Gasteiger partial charge in [0.25, 0.3) is 5.79 Å². The highest BCUT2D eigenvalue weighted by Crippen LogP contribution is 2.41. The molecule has 0 radical (unpaired) electrons. The minimum atomic E-state index is -2.19. The summed E-state index contributed by atoms with van der Waals surface area (Å²) in [5.74, 6) is 4.21. The Balaban J connectivity index is 1.74. The van der Waals surface area contributed by atoms with Crippen molar-refractivity contribution in [3.63, 3.8) is 0 Å². The Hall–Kier alpha value is -2.79. The van der Waals surface area contributed by atoms with E-state index in [1.54, 1.807) is 12.1 Å². The summed E-state index contributed by atoms with van der Waals surface area (Å²) in [6.07, 6.45) is -0.525. The van der Waals surface area contributed by atoms with Crippen LogP contribution in [0.5, 0.6) is 0 Å². The summed E-state index contributed by atoms with van der Waals surface area (Å²) in [5, 5.41) is 12.0. The fraction of sp³-hybridized carbons (Fsp3) is 0.375. The second kappa shape index (κ2) is 11.5. The second-order valence-corrected chi connectivity index (χ2v) is 16.1. The van der Waals surface area contributed by atoms with E-state index in [-0.39, 0.29) is 10.9 Å². The summed E-state index contributed by atoms with van der Waals surface area (Å²) < 4.78 is 26.6. The quantitative estimate of drug-likeness (QED) is 0.279. The molecule has 4 rings (SSSR count). The van der Waals surface area contributed by atoms with E-state index in [1.807, 2.05) is 48.5 Å². The van der Waals surface area contributed by atoms with Crippen LogP contribution < -0.4 is 0 Å². The molecule has 0 saturated carbocycles. The van der Waals surface area contributed by atoms with Gasteiger partial charge in [0.2, 0.25) is 0 Å². The molecule has 0 bridgehead atoms. The van der Waals surface area contributed by atoms with Crippen molar-refractivity contribution in [1.29, 1.82) is 0 Å². The monoisotopic (exact) mass is 531 g/mol. The Morgan fingerprint density at radius 3 is 2.24 bits per heavy atom. The topological polar surface area (TPSA) is 41.9 Å². The average molecular weight is 532 g/mol. The largest absolute Gasteiger partial charge is 0.399 e. The number of hydrogen-bond donors (Lipinski definition) is 1. The fourth-order valence-corrected chi connectivity index (χ4v) is 5.54. The van der Waals surface area contributed by atoms with Gasteiger partial charge in [0, 0.05) is 13.1 Å². The van der Waals surface area contributed by atoms with Gasteiger partial charge < -0.3 is 14.3 Å². The second-order valence-electron chi connectivity index (χ2n) is 11.4. The maximum absolute atomic E-state index is 13.8. The van der Waals surface area contributed by atoms with Crippen molar-refractivity contribution >= 4 is 8.32 Å². The summed E-state index contributed by atoms with van der Waals surface area (Å²) >= 11 is 0. The van der Waals surface area contributed by atoms with Crippen molar-refractivity contribution < 1.29 is 18.7 Å². The van der Waals surface area contributed by atoms with E-state index in [2.05, 4.69) is 62.7 Å². The first-order valence-electron chi connectivity index (χ1n) is 13.1. The number of ether oxygens (including phenoxy) is 1. The number of halogens is 1. The van der Waals surface area contributed by atoms with Gasteiger partial charge in [0.05, 0.1) is 6.61 Å². The Labute approximate surface area is 227 Å². The predicted octanol–water partition coefficient (Wildman–Crippen LogP) is 6.85. The SMILES string of the molecule is CC(C)(C)[Si](C)(C)OC(C#C[C@]1(O)OCCN(Cc2ccccc2)C1c1ccc(F)cc1)c1ccccc1. The lowest BCUT2D eigenvalue weighted by Gasteiger charge is -2.44. The molecule has 200 valence electrons. The lowest BCUT2D eigenvalue weighted by molar-refractivity contribution is -0.235. The van der Waals surface area contributed by atoms with Gasteiger partial charge in [-0.1, -0.05) is 99.5 Å². The zero-order valence-electron chi connectivity index (χ0n) is 22.9. The van der Waals surface area contributed by atoms with Crippen molar-refractivity contribution in [3.8, 4) is 11.8 Å². The van der Waals surface area contributed by atoms with Gasteiger partial charge in [-0.25, -0.2) is 4.39 Å². The Kier molecular flexibility index (Phi) is 8.56. The summed E-state index contributed by atoms with van der Waals surface area (Å²) in [4.78, 5) is 2.15. The van der Waals surface area contributed by atoms with E-state index in [0.29, 0.717) is 19.7 Å². The molecule has 1 fully saturated rings. The molecule has 1 aliphatic rings. The zero-order valence-corrected chi connectivity index (χ0v) is 23.9. The average Bonchev–Trinajstić information content (AvgIpc) is 2.88. The van der Waals surface area contributed by atoms with Crippen LogP contribution in [0.1, 0.15) is 49.6 Å². The van der Waals surface area contributed by atoms with E-state index < -0.39 is 26.3 Å². The summed E-state index contributed by atoms with van der Waals surface area (Å²) in [6.45, 7) is 12.5. The molecule has 3 aromatic carbocycles. The van der Waals surface area contributed by atoms with Crippen molar-refractivity contribution in [2.24, 2.45) is 0 Å². The molecular weight excluding hydrogens is 493 g/mol. The van der Waals surface area contributed by atoms with Crippen molar-refractivity contribution in [2.75, 3.05) is 13.2 Å². The van der Waals surface area contributed by atoms with E-state index in [1.165, 1.54) is 12.1 Å². The summed E-state index contributed by atoms with van der Waals surface area (Å²) in [7, 11) is -2.19. The van der Waals surface area contributed by atoms with E-state index in [4.69, 9.17) is 9.16 Å². The number of nitrogens with zero attached hydrogens (tertiary/aromatic N) is 1. The molecule has 0 aromatic heterocycles. The van der Waals surface area contributed by atoms with Gasteiger partial charge >= 0.3 is 0 Å². The van der Waals surface area contributed by atoms with Crippen LogP contribution in [0.4, 0.5) is 4.39 Å². The van der Waals surface area contributed by atoms with Crippen molar-refractivity contribution in [1.82, 2.24) is 4.90 Å². The number of aliphatic hydroxyl groups is 1. The van der Waals surface area contributed by atoms with Crippen LogP contribution in [-0.4, -0.2) is 37.3 Å². The van der Waals surface area contributed by atoms with Gasteiger partial charge in [-0.15, -0.1) is 0 Å². The summed E-state index contributed by atoms with van der Waals surface area (Å²) in [6, 6.07) is 25.6. The molecule has 0 spiro atoms. The molecule has 38 heavy (non-hydrogen) atoms. The first-order chi connectivity index (χ1) is 18.0. The molecule has 0 aliphatic carbocycles. The number of rotatable bonds is 6. The van der Waals surface area contributed by atoms with Gasteiger partial charge in [0.15, 0.2) is 8.32 Å². The van der Waals surface area contributed by atoms with E-state index in [9.17, 15) is 9.50 Å². The highest BCUT2D eigenvalue weighted by Gasteiger charge is 2.45. The minimum Gasteiger partial charge on any atom is -0.399 e. The molecule has 6 heteroatoms. The van der Waals surface area contributed by atoms with Crippen LogP contribution in [0.3, 0.4) is 0 Å². The minimum absolute atomic E-state index is 0.0108. The number of morpholine rings is 1. The molecule has 3 aromatic rings. The standard InChI is InChI=1S/C32H38FNO3Si/c1-31(2,3)38(4,5)37-29(26-14-10-7-11-15-26)20-21-32(35)30(27-16-18-28(33)19-17-27)34(22-23-36-32)24-25-12-8-6-9-13-25/h6-19,29-30,35H,22-24H2,1-5H3/t29?,30?,32-/m0/s1. The molecule has 1 aliphatic heterocycles. The fourth-order valence-electron chi connectivity index (χ4n) is 4.40. The third-order valence-corrected chi connectivity index (χ3v) is 12.0. The van der Waals surface area contributed by atoms with Crippen LogP contribution >= 0.6 is 0 Å². The Bertz CT molecular complexity index is 1250. The predicted molar refractivity (Wildman–Crippen MR) is 152 cm³/mol. The van der Waals surface area contributed by atoms with Crippen LogP contribution in [0, 0.1) is 17.7 Å². The molecule has 3 atom stereocenters. The first kappa shape index (κ1) is 28.2. The Morgan fingerprint density at radius 1 is 1.03 bits per heavy atom. The first-order valence-corrected chi connectivity index (χ1v) is 16.0. The third kappa shape index (κ3) is 6.61. The number of benzene rings is 3. The highest BCUT2D eigenvalue weighted by atomic mass is 28.4. The maximum atomic E-state index is 13.8. The van der Waals surface area contributed by atoms with Crippen molar-refractivity contribution in [3.05, 3.63) is 107 Å². The lowest BCUT2D eigenvalue weighted by atomic mass is 9.94. The molecule has 4 nitrogen and oxygen atoms in total. The molecule has 1 saturated heterocycles. The van der Waals surface area contributed by atoms with Crippen LogP contribution in [0.2, 0.25) is 18.1 Å². The summed E-state index contributed by atoms with van der Waals surface area (Å²) in [5.41, 5.74) is 2.78. The van der Waals surface area contributed by atoms with Gasteiger partial charge in [-0.2, -0.15) is 0 Å². The van der Waals surface area contributed by atoms with Crippen LogP contribution in [0.25, 0.3) is 0 Å². The third-order valence-electron chi connectivity index (χ3n) is 7.55. The smallest absolute Gasteiger partial charge is 0.251 e. The van der Waals surface area contributed by atoms with E-state index in [0.717, 1.165) is 16.7 Å². The molecule has 1 N–H and O–H groups in total. The lowest BCUT2D eigenvalue weighted by Crippen LogP contribution is -2.53. The zero-order chi connectivity index (χ0) is 27.4. The van der Waals surface area contributed by atoms with Crippen LogP contribution in [-0.2, 0) is 15.7 Å². The molecule has 2 unspecified atom stereocenters. The van der Waals surface area contributed by atoms with Gasteiger partial charge in [-0.3, -0.25) is 4.90 Å². The maximum Gasteiger partial charge on any atom is 0.251 e. The number of hydrogen-bond acceptors (Lipinski definition) is 4. The molecule has 1 heterocycles. The van der Waals surface area contributed by atoms with Crippen molar-refractivity contribution in [2.45, 2.75) is 63.4 Å². The normalized spacial score (nSPS) is 21.4. The van der Waals surface area contributed by atoms with Gasteiger partial charge in [0.1, 0.15) is 18.0 Å². The van der Waals surface area contributed by atoms with E-state index >= 15 is 0 Å². The Morgan fingerprint density at radius 2 is 1.63 bits per heavy atom. The highest BCUT2D eigenvalue weighted by molar-refractivity contribution is 6.74.